The van der Waals surface area contributed by atoms with Crippen LogP contribution in [0.5, 0.6) is 0 Å². The van der Waals surface area contributed by atoms with Crippen molar-refractivity contribution in [1.29, 1.82) is 0 Å². The summed E-state index contributed by atoms with van der Waals surface area (Å²) in [5.74, 6) is -2.54. The van der Waals surface area contributed by atoms with Crippen molar-refractivity contribution in [3.8, 4) is 0 Å². The first-order valence-corrected chi connectivity index (χ1v) is 4.66. The van der Waals surface area contributed by atoms with E-state index in [4.69, 9.17) is 10.5 Å². The molecular formula is C9H20F2N2O. The van der Waals surface area contributed by atoms with Crippen molar-refractivity contribution in [1.82, 2.24) is 4.90 Å². The molecule has 14 heavy (non-hydrogen) atoms. The number of rotatable bonds is 7. The lowest BCUT2D eigenvalue weighted by atomic mass is 10.2. The number of nitrogens with two attached hydrogens (primary N) is 1. The second kappa shape index (κ2) is 6.27. The summed E-state index contributed by atoms with van der Waals surface area (Å²) in [6, 6.07) is 0. The molecule has 0 heterocycles. The van der Waals surface area contributed by atoms with Crippen molar-refractivity contribution in [3.05, 3.63) is 0 Å². The summed E-state index contributed by atoms with van der Waals surface area (Å²) >= 11 is 0. The number of methoxy groups -OCH3 is 1. The third-order valence-corrected chi connectivity index (χ3v) is 1.87. The molecule has 0 aliphatic heterocycles. The van der Waals surface area contributed by atoms with Crippen molar-refractivity contribution in [2.45, 2.75) is 12.8 Å². The molecule has 3 nitrogen and oxygen atoms in total. The van der Waals surface area contributed by atoms with E-state index in [0.717, 1.165) is 0 Å². The molecule has 5 heteroatoms. The Hall–Kier alpha value is -0.260. The normalized spacial score (nSPS) is 14.8. The van der Waals surface area contributed by atoms with Crippen molar-refractivity contribution in [2.24, 2.45) is 11.7 Å². The fourth-order valence-electron chi connectivity index (χ4n) is 1.39. The largest absolute Gasteiger partial charge is 0.384 e. The zero-order valence-electron chi connectivity index (χ0n) is 9.09. The van der Waals surface area contributed by atoms with E-state index >= 15 is 0 Å². The van der Waals surface area contributed by atoms with Gasteiger partial charge in [-0.2, -0.15) is 0 Å². The highest BCUT2D eigenvalue weighted by Crippen LogP contribution is 2.13. The number of halogens is 2. The molecule has 0 saturated heterocycles. The summed E-state index contributed by atoms with van der Waals surface area (Å²) in [7, 11) is 3.26. The average molecular weight is 210 g/mol. The molecule has 0 aliphatic rings. The van der Waals surface area contributed by atoms with E-state index in [9.17, 15) is 8.78 Å². The van der Waals surface area contributed by atoms with E-state index < -0.39 is 12.5 Å². The lowest BCUT2D eigenvalue weighted by molar-refractivity contribution is -0.0218. The topological polar surface area (TPSA) is 38.5 Å². The Balaban J connectivity index is 3.79. The maximum absolute atomic E-state index is 12.8. The van der Waals surface area contributed by atoms with Crippen molar-refractivity contribution in [2.75, 3.05) is 40.4 Å². The average Bonchev–Trinajstić information content (AvgIpc) is 2.03. The minimum Gasteiger partial charge on any atom is -0.384 e. The predicted octanol–water partition coefficient (Wildman–Crippen LogP) is 0.795. The Kier molecular flexibility index (Phi) is 6.15. The molecular weight excluding hydrogens is 190 g/mol. The Labute approximate surface area is 84.2 Å². The monoisotopic (exact) mass is 210 g/mol. The van der Waals surface area contributed by atoms with Crippen LogP contribution >= 0.6 is 0 Å². The molecule has 0 aromatic rings. The molecule has 0 amide bonds. The van der Waals surface area contributed by atoms with E-state index in [1.54, 1.807) is 19.1 Å². The first kappa shape index (κ1) is 13.7. The van der Waals surface area contributed by atoms with Crippen LogP contribution in [-0.2, 0) is 4.74 Å². The fraction of sp³-hybridized carbons (Fsp3) is 1.00. The van der Waals surface area contributed by atoms with E-state index in [1.807, 2.05) is 6.92 Å². The Bertz CT molecular complexity index is 156. The van der Waals surface area contributed by atoms with Gasteiger partial charge in [-0.3, -0.25) is 0 Å². The molecule has 0 radical (unpaired) electrons. The second-order valence-electron chi connectivity index (χ2n) is 3.82. The number of hydrogen-bond donors (Lipinski definition) is 1. The summed E-state index contributed by atoms with van der Waals surface area (Å²) < 4.78 is 30.6. The van der Waals surface area contributed by atoms with Gasteiger partial charge in [0, 0.05) is 20.3 Å². The van der Waals surface area contributed by atoms with E-state index in [2.05, 4.69) is 0 Å². The summed E-state index contributed by atoms with van der Waals surface area (Å²) in [6.07, 6.45) is 0. The Morgan fingerprint density at radius 2 is 2.07 bits per heavy atom. The predicted molar refractivity (Wildman–Crippen MR) is 52.5 cm³/mol. The van der Waals surface area contributed by atoms with Crippen LogP contribution in [0.2, 0.25) is 0 Å². The fourth-order valence-corrected chi connectivity index (χ4v) is 1.39. The van der Waals surface area contributed by atoms with Crippen LogP contribution in [0.4, 0.5) is 8.78 Å². The summed E-state index contributed by atoms with van der Waals surface area (Å²) in [5, 5.41) is 0. The minimum atomic E-state index is -2.79. The molecule has 86 valence electrons. The molecule has 1 atom stereocenters. The van der Waals surface area contributed by atoms with E-state index in [0.29, 0.717) is 13.2 Å². The molecule has 0 aromatic heterocycles. The van der Waals surface area contributed by atoms with Gasteiger partial charge in [0.15, 0.2) is 0 Å². The van der Waals surface area contributed by atoms with Crippen molar-refractivity contribution in [3.63, 3.8) is 0 Å². The highest BCUT2D eigenvalue weighted by molar-refractivity contribution is 4.72. The number of ether oxygens (including phenoxy) is 1. The van der Waals surface area contributed by atoms with Crippen LogP contribution in [0.15, 0.2) is 0 Å². The van der Waals surface area contributed by atoms with Gasteiger partial charge in [0.05, 0.1) is 13.1 Å². The van der Waals surface area contributed by atoms with Crippen LogP contribution in [0, 0.1) is 5.92 Å². The molecule has 0 bridgehead atoms. The minimum absolute atomic E-state index is 0.249. The molecule has 0 aliphatic carbocycles. The maximum atomic E-state index is 12.8. The van der Waals surface area contributed by atoms with Crippen molar-refractivity contribution >= 4 is 0 Å². The zero-order valence-corrected chi connectivity index (χ0v) is 9.09. The molecule has 0 fully saturated rings. The van der Waals surface area contributed by atoms with Gasteiger partial charge in [0.1, 0.15) is 0 Å². The number of nitrogens with zero attached hydrogens (tertiary/aromatic N) is 1. The van der Waals surface area contributed by atoms with Gasteiger partial charge < -0.3 is 15.4 Å². The van der Waals surface area contributed by atoms with E-state index in [1.165, 1.54) is 0 Å². The van der Waals surface area contributed by atoms with Gasteiger partial charge in [-0.25, -0.2) is 8.78 Å². The van der Waals surface area contributed by atoms with Gasteiger partial charge in [-0.05, 0) is 13.0 Å². The Morgan fingerprint density at radius 1 is 1.50 bits per heavy atom. The van der Waals surface area contributed by atoms with Crippen LogP contribution < -0.4 is 5.73 Å². The Morgan fingerprint density at radius 3 is 2.50 bits per heavy atom. The molecule has 0 spiro atoms. The number of alkyl halides is 2. The molecule has 1 unspecified atom stereocenters. The highest BCUT2D eigenvalue weighted by Gasteiger charge is 2.28. The second-order valence-corrected chi connectivity index (χ2v) is 3.82. The lowest BCUT2D eigenvalue weighted by Crippen LogP contribution is -2.41. The van der Waals surface area contributed by atoms with Gasteiger partial charge >= 0.3 is 0 Å². The van der Waals surface area contributed by atoms with Gasteiger partial charge in [-0.1, -0.05) is 6.92 Å². The highest BCUT2D eigenvalue weighted by atomic mass is 19.3. The third-order valence-electron chi connectivity index (χ3n) is 1.87. The standard InChI is InChI=1S/C9H20F2N2O/c1-8(5-14-3)4-13(2)7-9(10,11)6-12/h8H,4-7,12H2,1-3H3. The molecule has 0 saturated carbocycles. The molecule has 0 rings (SSSR count). The first-order valence-electron chi connectivity index (χ1n) is 4.66. The van der Waals surface area contributed by atoms with Crippen LogP contribution in [0.3, 0.4) is 0 Å². The smallest absolute Gasteiger partial charge is 0.272 e. The van der Waals surface area contributed by atoms with Crippen LogP contribution in [-0.4, -0.2) is 51.2 Å². The SMILES string of the molecule is COCC(C)CN(C)CC(F)(F)CN. The third kappa shape index (κ3) is 6.23. The van der Waals surface area contributed by atoms with E-state index in [-0.39, 0.29) is 12.5 Å². The number of hydrogen-bond acceptors (Lipinski definition) is 3. The lowest BCUT2D eigenvalue weighted by Gasteiger charge is -2.25. The van der Waals surface area contributed by atoms with Crippen molar-refractivity contribution < 1.29 is 13.5 Å². The van der Waals surface area contributed by atoms with Gasteiger partial charge in [-0.15, -0.1) is 0 Å². The van der Waals surface area contributed by atoms with Gasteiger partial charge in [0.2, 0.25) is 0 Å². The zero-order chi connectivity index (χ0) is 11.2. The summed E-state index contributed by atoms with van der Waals surface area (Å²) in [4.78, 5) is 1.58. The van der Waals surface area contributed by atoms with Gasteiger partial charge in [0.25, 0.3) is 5.92 Å². The summed E-state index contributed by atoms with van der Waals surface area (Å²) in [6.45, 7) is 2.23. The van der Waals surface area contributed by atoms with Crippen LogP contribution in [0.25, 0.3) is 0 Å². The summed E-state index contributed by atoms with van der Waals surface area (Å²) in [5.41, 5.74) is 4.94. The van der Waals surface area contributed by atoms with Crippen LogP contribution in [0.1, 0.15) is 6.92 Å². The quantitative estimate of drug-likeness (QED) is 0.675. The maximum Gasteiger partial charge on any atom is 0.272 e. The first-order chi connectivity index (χ1) is 6.41. The molecule has 2 N–H and O–H groups in total. The molecule has 0 aromatic carbocycles.